The predicted molar refractivity (Wildman–Crippen MR) is 90.3 cm³/mol. The lowest BCUT2D eigenvalue weighted by Gasteiger charge is -2.08. The van der Waals surface area contributed by atoms with Gasteiger partial charge >= 0.3 is 0 Å². The lowest BCUT2D eigenvalue weighted by molar-refractivity contribution is 1.11. The van der Waals surface area contributed by atoms with E-state index in [1.165, 1.54) is 11.1 Å². The first kappa shape index (κ1) is 14.2. The molecule has 2 aromatic carbocycles. The van der Waals surface area contributed by atoms with Crippen molar-refractivity contribution in [1.29, 1.82) is 0 Å². The van der Waals surface area contributed by atoms with Crippen molar-refractivity contribution in [2.24, 2.45) is 0 Å². The van der Waals surface area contributed by atoms with Crippen LogP contribution in [-0.4, -0.2) is 4.98 Å². The number of hydrogen-bond donors (Lipinski definition) is 1. The molecule has 0 spiro atoms. The first-order valence-electron chi connectivity index (χ1n) is 6.64. The second kappa shape index (κ2) is 5.96. The molecule has 0 unspecified atom stereocenters. The summed E-state index contributed by atoms with van der Waals surface area (Å²) in [5.74, 6) is 0.809. The van der Waals surface area contributed by atoms with Crippen molar-refractivity contribution in [3.63, 3.8) is 0 Å². The third-order valence-electron chi connectivity index (χ3n) is 3.30. The molecule has 0 radical (unpaired) electrons. The highest BCUT2D eigenvalue weighted by molar-refractivity contribution is 7.98. The molecule has 3 aromatic rings. The highest BCUT2D eigenvalue weighted by Crippen LogP contribution is 2.30. The average Bonchev–Trinajstić information content (AvgIpc) is 2.50. The second-order valence-corrected chi connectivity index (χ2v) is 6.28. The molecule has 21 heavy (non-hydrogen) atoms. The van der Waals surface area contributed by atoms with Crippen molar-refractivity contribution in [3.05, 3.63) is 75.0 Å². The van der Waals surface area contributed by atoms with E-state index >= 15 is 0 Å². The van der Waals surface area contributed by atoms with E-state index in [1.54, 1.807) is 11.8 Å². The summed E-state index contributed by atoms with van der Waals surface area (Å²) in [6.45, 7) is 2.08. The number of fused-ring (bicyclic) bond motifs is 1. The summed E-state index contributed by atoms with van der Waals surface area (Å²) in [5, 5.41) is 2.90. The number of H-pyrrole nitrogens is 1. The van der Waals surface area contributed by atoms with Crippen LogP contribution in [-0.2, 0) is 5.75 Å². The maximum Gasteiger partial charge on any atom is 0.268 e. The molecule has 0 bridgehead atoms. The van der Waals surface area contributed by atoms with E-state index in [9.17, 15) is 4.79 Å². The summed E-state index contributed by atoms with van der Waals surface area (Å²) in [7, 11) is 0. The standard InChI is InChI=1S/C17H14ClNOS/c1-11-5-4-6-12(9-11)10-21-17-14-8-3-2-7-13(14)15(18)16(20)19-17/h2-9H,10H2,1H3,(H,19,20). The Morgan fingerprint density at radius 1 is 1.10 bits per heavy atom. The number of thioether (sulfide) groups is 1. The van der Waals surface area contributed by atoms with E-state index < -0.39 is 0 Å². The molecular formula is C17H14ClNOS. The largest absolute Gasteiger partial charge is 0.315 e. The monoisotopic (exact) mass is 315 g/mol. The Bertz CT molecular complexity index is 857. The zero-order chi connectivity index (χ0) is 14.8. The highest BCUT2D eigenvalue weighted by atomic mass is 35.5. The Balaban J connectivity index is 1.98. The van der Waals surface area contributed by atoms with Gasteiger partial charge in [-0.3, -0.25) is 4.79 Å². The molecule has 1 N–H and O–H groups in total. The maximum absolute atomic E-state index is 11.9. The van der Waals surface area contributed by atoms with Crippen LogP contribution >= 0.6 is 23.4 Å². The summed E-state index contributed by atoms with van der Waals surface area (Å²) in [6.07, 6.45) is 0. The van der Waals surface area contributed by atoms with Crippen LogP contribution in [0.25, 0.3) is 10.8 Å². The van der Waals surface area contributed by atoms with Gasteiger partial charge in [0, 0.05) is 16.5 Å². The number of hydrogen-bond acceptors (Lipinski definition) is 2. The van der Waals surface area contributed by atoms with E-state index in [0.29, 0.717) is 0 Å². The van der Waals surface area contributed by atoms with Crippen molar-refractivity contribution in [1.82, 2.24) is 4.98 Å². The van der Waals surface area contributed by atoms with Gasteiger partial charge in [-0.05, 0) is 12.5 Å². The van der Waals surface area contributed by atoms with Crippen molar-refractivity contribution < 1.29 is 0 Å². The van der Waals surface area contributed by atoms with Crippen LogP contribution < -0.4 is 5.56 Å². The fourth-order valence-corrected chi connectivity index (χ4v) is 3.49. The van der Waals surface area contributed by atoms with Crippen molar-refractivity contribution >= 4 is 34.1 Å². The summed E-state index contributed by atoms with van der Waals surface area (Å²) in [6, 6.07) is 16.1. The number of rotatable bonds is 3. The molecule has 1 heterocycles. The molecular weight excluding hydrogens is 302 g/mol. The predicted octanol–water partition coefficient (Wildman–Crippen LogP) is 4.78. The molecule has 0 fully saturated rings. The molecule has 4 heteroatoms. The van der Waals surface area contributed by atoms with Crippen LogP contribution in [0.5, 0.6) is 0 Å². The molecule has 3 rings (SSSR count). The normalized spacial score (nSPS) is 11.0. The van der Waals surface area contributed by atoms with E-state index in [2.05, 4.69) is 30.1 Å². The average molecular weight is 316 g/mol. The number of halogens is 1. The molecule has 0 saturated carbocycles. The third kappa shape index (κ3) is 2.99. The number of nitrogens with one attached hydrogen (secondary N) is 1. The number of aromatic amines is 1. The minimum atomic E-state index is -0.234. The van der Waals surface area contributed by atoms with Gasteiger partial charge in [0.15, 0.2) is 0 Å². The topological polar surface area (TPSA) is 32.9 Å². The van der Waals surface area contributed by atoms with Gasteiger partial charge in [0.2, 0.25) is 0 Å². The van der Waals surface area contributed by atoms with Gasteiger partial charge in [-0.1, -0.05) is 65.7 Å². The number of aromatic nitrogens is 1. The Morgan fingerprint density at radius 2 is 1.86 bits per heavy atom. The molecule has 2 nitrogen and oxygen atoms in total. The Hall–Kier alpha value is -1.71. The van der Waals surface area contributed by atoms with Gasteiger partial charge < -0.3 is 4.98 Å². The van der Waals surface area contributed by atoms with Crippen LogP contribution in [0.1, 0.15) is 11.1 Å². The van der Waals surface area contributed by atoms with Gasteiger partial charge in [-0.15, -0.1) is 11.8 Å². The van der Waals surface area contributed by atoms with Crippen LogP contribution in [0.15, 0.2) is 58.4 Å². The lowest BCUT2D eigenvalue weighted by Crippen LogP contribution is -2.07. The summed E-state index contributed by atoms with van der Waals surface area (Å²) in [4.78, 5) is 14.8. The van der Waals surface area contributed by atoms with Crippen LogP contribution in [0, 0.1) is 6.92 Å². The molecule has 0 saturated heterocycles. The van der Waals surface area contributed by atoms with Gasteiger partial charge in [0.25, 0.3) is 5.56 Å². The quantitative estimate of drug-likeness (QED) is 0.705. The maximum atomic E-state index is 11.9. The fraction of sp³-hybridized carbons (Fsp3) is 0.118. The molecule has 1 aromatic heterocycles. The van der Waals surface area contributed by atoms with E-state index in [-0.39, 0.29) is 10.6 Å². The zero-order valence-electron chi connectivity index (χ0n) is 11.5. The Morgan fingerprint density at radius 3 is 2.62 bits per heavy atom. The Kier molecular flexibility index (Phi) is 4.04. The SMILES string of the molecule is Cc1cccc(CSc2[nH]c(=O)c(Cl)c3ccccc23)c1. The van der Waals surface area contributed by atoms with Crippen LogP contribution in [0.3, 0.4) is 0 Å². The minimum Gasteiger partial charge on any atom is -0.315 e. The minimum absolute atomic E-state index is 0.234. The smallest absolute Gasteiger partial charge is 0.268 e. The highest BCUT2D eigenvalue weighted by Gasteiger charge is 2.09. The lowest BCUT2D eigenvalue weighted by atomic mass is 10.2. The molecule has 0 aliphatic rings. The number of aryl methyl sites for hydroxylation is 1. The van der Waals surface area contributed by atoms with Gasteiger partial charge in [0.1, 0.15) is 5.02 Å². The zero-order valence-corrected chi connectivity index (χ0v) is 13.1. The summed E-state index contributed by atoms with van der Waals surface area (Å²) in [5.41, 5.74) is 2.24. The molecule has 0 aliphatic heterocycles. The second-order valence-electron chi connectivity index (χ2n) is 4.92. The van der Waals surface area contributed by atoms with Gasteiger partial charge in [-0.2, -0.15) is 0 Å². The first-order valence-corrected chi connectivity index (χ1v) is 8.00. The molecule has 0 aliphatic carbocycles. The molecule has 0 amide bonds. The first-order chi connectivity index (χ1) is 10.1. The number of pyridine rings is 1. The van der Waals surface area contributed by atoms with Crippen molar-refractivity contribution in [3.8, 4) is 0 Å². The van der Waals surface area contributed by atoms with Gasteiger partial charge in [0.05, 0.1) is 5.03 Å². The fourth-order valence-electron chi connectivity index (χ4n) is 2.29. The van der Waals surface area contributed by atoms with Crippen molar-refractivity contribution in [2.75, 3.05) is 0 Å². The van der Waals surface area contributed by atoms with E-state index in [0.717, 1.165) is 21.6 Å². The molecule has 0 atom stereocenters. The van der Waals surface area contributed by atoms with Crippen LogP contribution in [0.2, 0.25) is 5.02 Å². The third-order valence-corrected chi connectivity index (χ3v) is 4.76. The van der Waals surface area contributed by atoms with Crippen LogP contribution in [0.4, 0.5) is 0 Å². The Labute approximate surface area is 132 Å². The molecule has 106 valence electrons. The van der Waals surface area contributed by atoms with Crippen molar-refractivity contribution in [2.45, 2.75) is 17.7 Å². The van der Waals surface area contributed by atoms with Gasteiger partial charge in [-0.25, -0.2) is 0 Å². The summed E-state index contributed by atoms with van der Waals surface area (Å²) >= 11 is 7.70. The van der Waals surface area contributed by atoms with E-state index in [1.807, 2.05) is 30.3 Å². The number of benzene rings is 2. The summed E-state index contributed by atoms with van der Waals surface area (Å²) < 4.78 is 0. The van der Waals surface area contributed by atoms with E-state index in [4.69, 9.17) is 11.6 Å².